The molecule has 0 atom stereocenters. The van der Waals surface area contributed by atoms with Crippen LogP contribution in [-0.2, 0) is 0 Å². The highest BCUT2D eigenvalue weighted by atomic mass is 19.5. The van der Waals surface area contributed by atoms with Gasteiger partial charge in [0.25, 0.3) is 0 Å². The molecular weight excluding hydrogens is 1690 g/mol. The Morgan fingerprint density at radius 2 is 0.446 bits per heavy atom. The van der Waals surface area contributed by atoms with Crippen molar-refractivity contribution in [3.63, 3.8) is 0 Å². The van der Waals surface area contributed by atoms with Crippen molar-refractivity contribution in [3.8, 4) is 23.0 Å². The molecule has 0 aliphatic rings. The van der Waals surface area contributed by atoms with Crippen LogP contribution in [0, 0.1) is 0 Å². The second kappa shape index (κ2) is 29.0. The van der Waals surface area contributed by atoms with Crippen LogP contribution in [-0.4, -0.2) is 168 Å². The summed E-state index contributed by atoms with van der Waals surface area (Å²) in [5.41, 5.74) is -0.508. The van der Waals surface area contributed by atoms with Crippen molar-refractivity contribution in [2.24, 2.45) is 9.98 Å². The highest BCUT2D eigenvalue weighted by molar-refractivity contribution is 5.92. The molecule has 0 aliphatic carbocycles. The summed E-state index contributed by atoms with van der Waals surface area (Å²) in [6.07, 6.45) is -14.1. The molecule has 0 saturated heterocycles. The number of hydrogen-bond acceptors (Lipinski definition) is 8. The van der Waals surface area contributed by atoms with E-state index in [1.54, 1.807) is 0 Å². The summed E-state index contributed by atoms with van der Waals surface area (Å²) >= 11 is 0. The predicted octanol–water partition coefficient (Wildman–Crippen LogP) is 22.2. The van der Waals surface area contributed by atoms with E-state index in [1.807, 2.05) is 0 Å². The number of rotatable bonds is 32. The maximum absolute atomic E-state index is 14.5. The number of hydrogen-bond donors (Lipinski definition) is 0. The van der Waals surface area contributed by atoms with Gasteiger partial charge in [-0.3, -0.25) is 9.98 Å². The van der Waals surface area contributed by atoms with Gasteiger partial charge in [-0.15, -0.1) is 0 Å². The number of ether oxygens (including phenoxy) is 4. The van der Waals surface area contributed by atoms with Crippen molar-refractivity contribution >= 4 is 35.7 Å². The molecular formula is C58H26F46N2O6. The number of esters is 2. The summed E-state index contributed by atoms with van der Waals surface area (Å²) in [4.78, 5) is 33.7. The van der Waals surface area contributed by atoms with Crippen molar-refractivity contribution in [2.45, 2.75) is 131 Å². The van der Waals surface area contributed by atoms with Crippen molar-refractivity contribution in [3.05, 3.63) is 144 Å². The molecule has 0 saturated carbocycles. The van der Waals surface area contributed by atoms with Crippen LogP contribution in [0.3, 0.4) is 0 Å². The number of benzene rings is 5. The summed E-state index contributed by atoms with van der Waals surface area (Å²) < 4.78 is 652. The van der Waals surface area contributed by atoms with Crippen molar-refractivity contribution < 1.29 is 230 Å². The van der Waals surface area contributed by atoms with E-state index >= 15 is 0 Å². The number of alkyl halides is 46. The molecule has 112 heavy (non-hydrogen) atoms. The van der Waals surface area contributed by atoms with E-state index in [0.717, 1.165) is 24.3 Å². The molecule has 626 valence electrons. The molecule has 0 unspecified atom stereocenters. The third kappa shape index (κ3) is 15.0. The molecule has 0 radical (unpaired) electrons. The van der Waals surface area contributed by atoms with Gasteiger partial charge in [-0.25, -0.2) is 9.59 Å². The van der Waals surface area contributed by atoms with Crippen molar-refractivity contribution in [2.75, 3.05) is 13.2 Å². The summed E-state index contributed by atoms with van der Waals surface area (Å²) in [5.74, 6) is -186. The van der Waals surface area contributed by atoms with E-state index in [4.69, 9.17) is 9.47 Å². The summed E-state index contributed by atoms with van der Waals surface area (Å²) in [6.45, 7) is -6.97. The smallest absolute Gasteiger partial charge is 0.460 e. The molecule has 5 aromatic rings. The first-order chi connectivity index (χ1) is 49.8. The van der Waals surface area contributed by atoms with E-state index in [9.17, 15) is 212 Å². The molecule has 0 N–H and O–H groups in total. The Bertz CT molecular complexity index is 3960. The van der Waals surface area contributed by atoms with Crippen LogP contribution in [0.4, 0.5) is 213 Å². The fourth-order valence-corrected chi connectivity index (χ4v) is 8.01. The normalized spacial score (nSPS) is 15.1. The van der Waals surface area contributed by atoms with Gasteiger partial charge >= 0.3 is 143 Å². The Labute approximate surface area is 586 Å². The van der Waals surface area contributed by atoms with E-state index in [-0.39, 0.29) is 58.3 Å². The van der Waals surface area contributed by atoms with Crippen LogP contribution in [0.5, 0.6) is 23.0 Å². The Hall–Kier alpha value is -9.24. The standard InChI is InChI=1S/C58H26F46N2O6/c59-37(60,39(63,64)41(67,68)43(71,72)45(75,76)47(79,80)49(83,84)51(87,88)53(91,92)55(95,96)57(99,100)101)23-109-31-16-8-27(9-17-31)35(107)111-33-12-4-25(5-13-33)21-105-29-2-1-3-30(20-29)106-22-26-6-14-34(15-7-26)112-36(108)28-10-18-32(19-11-28)110-24-38(61,62)40(65,66)42(69,70)44(73,74)46(77,78)48(81,82)50(85,86)52(89,90)54(93,94)56(97,98)58(102,103)104/h1-22H,23-24H2. The van der Waals surface area contributed by atoms with E-state index < -0.39 is 179 Å². The molecule has 0 aliphatic heterocycles. The van der Waals surface area contributed by atoms with E-state index in [2.05, 4.69) is 19.5 Å². The summed E-state index contributed by atoms with van der Waals surface area (Å²) in [6, 6.07) is 17.9. The zero-order valence-corrected chi connectivity index (χ0v) is 51.8. The number of nitrogens with zero attached hydrogens (tertiary/aromatic N) is 2. The van der Waals surface area contributed by atoms with E-state index in [0.29, 0.717) is 24.3 Å². The summed E-state index contributed by atoms with van der Waals surface area (Å²) in [7, 11) is 0. The van der Waals surface area contributed by atoms with Gasteiger partial charge in [0.05, 0.1) is 22.5 Å². The lowest BCUT2D eigenvalue weighted by Crippen LogP contribution is -2.77. The lowest BCUT2D eigenvalue weighted by molar-refractivity contribution is -0.478. The van der Waals surface area contributed by atoms with E-state index in [1.165, 1.54) is 61.0 Å². The average Bonchev–Trinajstić information content (AvgIpc) is 0.688. The zero-order valence-electron chi connectivity index (χ0n) is 51.8. The van der Waals surface area contributed by atoms with Gasteiger partial charge < -0.3 is 18.9 Å². The fourth-order valence-electron chi connectivity index (χ4n) is 8.01. The molecule has 54 heteroatoms. The summed E-state index contributed by atoms with van der Waals surface area (Å²) in [5, 5.41) is 0. The lowest BCUT2D eigenvalue weighted by Gasteiger charge is -2.45. The minimum Gasteiger partial charge on any atom is -0.487 e. The zero-order chi connectivity index (χ0) is 87.1. The first kappa shape index (κ1) is 93.4. The van der Waals surface area contributed by atoms with Gasteiger partial charge in [-0.2, -0.15) is 202 Å². The lowest BCUT2D eigenvalue weighted by atomic mass is 9.85. The van der Waals surface area contributed by atoms with Crippen LogP contribution < -0.4 is 18.9 Å². The third-order valence-corrected chi connectivity index (χ3v) is 14.7. The van der Waals surface area contributed by atoms with Crippen LogP contribution in [0.25, 0.3) is 0 Å². The molecule has 0 bridgehead atoms. The SMILES string of the molecule is O=C(Oc1ccc(C=Nc2cccc(N=Cc3ccc(OC(=O)c4ccc(OCC(F)(F)C(F)(F)C(F)(F)C(F)(F)C(F)(F)C(F)(F)C(F)(F)C(F)(F)C(F)(F)C(F)(F)C(F)(F)F)cc4)cc3)c2)cc1)c1ccc(OCC(F)(F)C(F)(F)C(F)(F)C(F)(F)C(F)(F)C(F)(F)C(F)(F)C(F)(F)C(F)(F)C(F)(F)C(F)(F)F)cc1. The largest absolute Gasteiger partial charge is 0.487 e. The van der Waals surface area contributed by atoms with Gasteiger partial charge in [-0.1, -0.05) is 6.07 Å². The first-order valence-corrected chi connectivity index (χ1v) is 27.8. The molecule has 0 amide bonds. The first-order valence-electron chi connectivity index (χ1n) is 27.8. The number of halogens is 46. The third-order valence-electron chi connectivity index (χ3n) is 14.7. The minimum absolute atomic E-state index is 0.178. The van der Waals surface area contributed by atoms with Gasteiger partial charge in [-0.05, 0) is 126 Å². The number of carbonyl (C=O) groups is 2. The number of aliphatic imine (C=N–C) groups is 2. The van der Waals surface area contributed by atoms with Crippen LogP contribution in [0.1, 0.15) is 31.8 Å². The molecule has 8 nitrogen and oxygen atoms in total. The maximum Gasteiger partial charge on any atom is 0.460 e. The molecule has 5 aromatic carbocycles. The van der Waals surface area contributed by atoms with Gasteiger partial charge in [0.1, 0.15) is 23.0 Å². The maximum atomic E-state index is 14.5. The molecule has 0 heterocycles. The van der Waals surface area contributed by atoms with Crippen molar-refractivity contribution in [1.29, 1.82) is 0 Å². The number of carbonyl (C=O) groups excluding carboxylic acids is 2. The van der Waals surface area contributed by atoms with Crippen molar-refractivity contribution in [1.82, 2.24) is 0 Å². The quantitative estimate of drug-likeness (QED) is 0.0184. The average molecular weight is 1720 g/mol. The Morgan fingerprint density at radius 1 is 0.250 bits per heavy atom. The Kier molecular flexibility index (Phi) is 24.2. The van der Waals surface area contributed by atoms with Crippen LogP contribution in [0.2, 0.25) is 0 Å². The second-order valence-electron chi connectivity index (χ2n) is 22.3. The minimum atomic E-state index is -9.58. The van der Waals surface area contributed by atoms with Gasteiger partial charge in [0.15, 0.2) is 13.2 Å². The highest BCUT2D eigenvalue weighted by Gasteiger charge is 3.01. The molecule has 0 fully saturated rings. The highest BCUT2D eigenvalue weighted by Crippen LogP contribution is 2.70. The topological polar surface area (TPSA) is 95.8 Å². The fraction of sp³-hybridized carbons (Fsp3) is 0.414. The molecule has 0 spiro atoms. The predicted molar refractivity (Wildman–Crippen MR) is 279 cm³/mol. The monoisotopic (exact) mass is 1720 g/mol. The van der Waals surface area contributed by atoms with Gasteiger partial charge in [0, 0.05) is 12.4 Å². The second-order valence-corrected chi connectivity index (χ2v) is 22.3. The Balaban J connectivity index is 1.16. The molecule has 5 rings (SSSR count). The van der Waals surface area contributed by atoms with Crippen LogP contribution >= 0.6 is 0 Å². The Morgan fingerprint density at radius 3 is 0.661 bits per heavy atom. The van der Waals surface area contributed by atoms with Gasteiger partial charge in [0.2, 0.25) is 0 Å². The molecule has 0 aromatic heterocycles. The van der Waals surface area contributed by atoms with Crippen LogP contribution in [0.15, 0.2) is 131 Å².